The number of carbonyl (C=O) groups is 1. The molecule has 1 aromatic heterocycles. The minimum Gasteiger partial charge on any atom is -0.398 e. The molecule has 4 heteroatoms. The van der Waals surface area contributed by atoms with Gasteiger partial charge < -0.3 is 10.6 Å². The average molecular weight is 261 g/mol. The van der Waals surface area contributed by atoms with Crippen molar-refractivity contribution in [3.05, 3.63) is 23.5 Å². The molecular formula is C15H23N3O. The Morgan fingerprint density at radius 1 is 1.42 bits per heavy atom. The fraction of sp³-hybridized carbons (Fsp3) is 0.600. The smallest absolute Gasteiger partial charge is 0.257 e. The number of amides is 1. The molecule has 3 atom stereocenters. The van der Waals surface area contributed by atoms with Gasteiger partial charge in [-0.1, -0.05) is 13.8 Å². The highest BCUT2D eigenvalue weighted by Crippen LogP contribution is 2.29. The Bertz CT molecular complexity index is 486. The predicted molar refractivity (Wildman–Crippen MR) is 76.8 cm³/mol. The fourth-order valence-electron chi connectivity index (χ4n) is 2.90. The van der Waals surface area contributed by atoms with Crippen LogP contribution >= 0.6 is 0 Å². The normalized spacial score (nSPS) is 27.4. The number of nitrogen functional groups attached to an aromatic ring is 1. The molecule has 0 bridgehead atoms. The van der Waals surface area contributed by atoms with E-state index >= 15 is 0 Å². The number of likely N-dealkylation sites (tertiary alicyclic amines) is 1. The number of pyridine rings is 1. The molecule has 1 saturated heterocycles. The topological polar surface area (TPSA) is 59.2 Å². The lowest BCUT2D eigenvalue weighted by Gasteiger charge is -2.41. The maximum absolute atomic E-state index is 12.6. The van der Waals surface area contributed by atoms with Gasteiger partial charge >= 0.3 is 0 Å². The molecule has 2 rings (SSSR count). The second-order valence-corrected chi connectivity index (χ2v) is 5.93. The molecule has 0 spiro atoms. The maximum atomic E-state index is 12.6. The van der Waals surface area contributed by atoms with Crippen LogP contribution in [0.2, 0.25) is 0 Å². The fourth-order valence-corrected chi connectivity index (χ4v) is 2.90. The summed E-state index contributed by atoms with van der Waals surface area (Å²) in [5.74, 6) is 1.07. The van der Waals surface area contributed by atoms with Gasteiger partial charge in [0.2, 0.25) is 0 Å². The van der Waals surface area contributed by atoms with Gasteiger partial charge in [-0.25, -0.2) is 0 Å². The molecular weight excluding hydrogens is 238 g/mol. The van der Waals surface area contributed by atoms with Crippen LogP contribution in [0.15, 0.2) is 12.3 Å². The quantitative estimate of drug-likeness (QED) is 0.845. The molecule has 0 saturated carbocycles. The van der Waals surface area contributed by atoms with Gasteiger partial charge in [0.1, 0.15) is 0 Å². The van der Waals surface area contributed by atoms with E-state index in [-0.39, 0.29) is 11.9 Å². The summed E-state index contributed by atoms with van der Waals surface area (Å²) in [7, 11) is 0. The monoisotopic (exact) mass is 261 g/mol. The molecule has 1 aromatic rings. The number of aromatic nitrogens is 1. The van der Waals surface area contributed by atoms with Gasteiger partial charge in [-0.3, -0.25) is 9.78 Å². The molecule has 19 heavy (non-hydrogen) atoms. The van der Waals surface area contributed by atoms with E-state index in [1.807, 2.05) is 11.8 Å². The Morgan fingerprint density at radius 2 is 2.11 bits per heavy atom. The first-order valence-electron chi connectivity index (χ1n) is 6.93. The zero-order chi connectivity index (χ0) is 14.2. The number of hydrogen-bond acceptors (Lipinski definition) is 3. The predicted octanol–water partition coefficient (Wildman–Crippen LogP) is 2.48. The van der Waals surface area contributed by atoms with Crippen molar-refractivity contribution in [2.75, 3.05) is 12.3 Å². The van der Waals surface area contributed by atoms with Crippen LogP contribution in [-0.2, 0) is 0 Å². The first-order valence-corrected chi connectivity index (χ1v) is 6.93. The third-order valence-corrected chi connectivity index (χ3v) is 4.16. The lowest BCUT2D eigenvalue weighted by molar-refractivity contribution is 0.0456. The van der Waals surface area contributed by atoms with Crippen molar-refractivity contribution in [3.8, 4) is 0 Å². The van der Waals surface area contributed by atoms with Crippen LogP contribution in [0.1, 0.15) is 43.2 Å². The van der Waals surface area contributed by atoms with Crippen molar-refractivity contribution in [3.63, 3.8) is 0 Å². The maximum Gasteiger partial charge on any atom is 0.257 e. The molecule has 0 aromatic carbocycles. The lowest BCUT2D eigenvalue weighted by Crippen LogP contribution is -2.49. The number of rotatable bonds is 1. The van der Waals surface area contributed by atoms with Crippen LogP contribution in [0.25, 0.3) is 0 Å². The second kappa shape index (κ2) is 5.19. The van der Waals surface area contributed by atoms with Gasteiger partial charge in [0, 0.05) is 30.2 Å². The first-order chi connectivity index (χ1) is 8.90. The summed E-state index contributed by atoms with van der Waals surface area (Å²) < 4.78 is 0. The van der Waals surface area contributed by atoms with Crippen molar-refractivity contribution < 1.29 is 4.79 Å². The van der Waals surface area contributed by atoms with E-state index < -0.39 is 0 Å². The summed E-state index contributed by atoms with van der Waals surface area (Å²) in [4.78, 5) is 18.8. The van der Waals surface area contributed by atoms with E-state index in [9.17, 15) is 4.79 Å². The summed E-state index contributed by atoms with van der Waals surface area (Å²) >= 11 is 0. The van der Waals surface area contributed by atoms with Crippen LogP contribution < -0.4 is 5.73 Å². The van der Waals surface area contributed by atoms with E-state index in [0.29, 0.717) is 23.1 Å². The third kappa shape index (κ3) is 2.72. The van der Waals surface area contributed by atoms with Gasteiger partial charge in [0.25, 0.3) is 5.91 Å². The first kappa shape index (κ1) is 13.8. The number of carbonyl (C=O) groups excluding carboxylic acids is 1. The average Bonchev–Trinajstić information content (AvgIpc) is 2.33. The van der Waals surface area contributed by atoms with Crippen LogP contribution in [0.3, 0.4) is 0 Å². The summed E-state index contributed by atoms with van der Waals surface area (Å²) in [5.41, 5.74) is 7.84. The van der Waals surface area contributed by atoms with Gasteiger partial charge in [0.15, 0.2) is 0 Å². The number of nitrogens with two attached hydrogens (primary N) is 1. The molecule has 1 amide bonds. The van der Waals surface area contributed by atoms with E-state index in [1.54, 1.807) is 12.3 Å². The molecule has 3 unspecified atom stereocenters. The Hall–Kier alpha value is -1.58. The number of piperidine rings is 1. The van der Waals surface area contributed by atoms with E-state index in [1.165, 1.54) is 6.42 Å². The highest BCUT2D eigenvalue weighted by Gasteiger charge is 2.33. The summed E-state index contributed by atoms with van der Waals surface area (Å²) in [6, 6.07) is 2.01. The number of anilines is 1. The molecule has 1 aliphatic rings. The third-order valence-electron chi connectivity index (χ3n) is 4.16. The van der Waals surface area contributed by atoms with E-state index in [2.05, 4.69) is 25.8 Å². The Kier molecular flexibility index (Phi) is 3.78. The largest absolute Gasteiger partial charge is 0.398 e. The van der Waals surface area contributed by atoms with Gasteiger partial charge in [0.05, 0.1) is 5.56 Å². The minimum absolute atomic E-state index is 0.0101. The van der Waals surface area contributed by atoms with E-state index in [0.717, 1.165) is 12.2 Å². The summed E-state index contributed by atoms with van der Waals surface area (Å²) in [5, 5.41) is 0. The van der Waals surface area contributed by atoms with Crippen LogP contribution in [0.4, 0.5) is 5.69 Å². The molecule has 104 valence electrons. The van der Waals surface area contributed by atoms with Crippen molar-refractivity contribution in [1.82, 2.24) is 9.88 Å². The Labute approximate surface area is 115 Å². The number of aryl methyl sites for hydroxylation is 1. The van der Waals surface area contributed by atoms with Crippen LogP contribution in [-0.4, -0.2) is 28.4 Å². The van der Waals surface area contributed by atoms with Crippen molar-refractivity contribution >= 4 is 11.6 Å². The van der Waals surface area contributed by atoms with Crippen molar-refractivity contribution in [1.29, 1.82) is 0 Å². The molecule has 0 radical (unpaired) electrons. The molecule has 1 fully saturated rings. The zero-order valence-corrected chi connectivity index (χ0v) is 12.2. The van der Waals surface area contributed by atoms with Crippen molar-refractivity contribution in [2.24, 2.45) is 11.8 Å². The molecule has 4 nitrogen and oxygen atoms in total. The zero-order valence-electron chi connectivity index (χ0n) is 12.2. The molecule has 1 aliphatic heterocycles. The molecule has 2 N–H and O–H groups in total. The second-order valence-electron chi connectivity index (χ2n) is 5.93. The van der Waals surface area contributed by atoms with Crippen molar-refractivity contribution in [2.45, 2.75) is 40.2 Å². The van der Waals surface area contributed by atoms with Crippen LogP contribution in [0, 0.1) is 18.8 Å². The van der Waals surface area contributed by atoms with Gasteiger partial charge in [-0.15, -0.1) is 0 Å². The highest BCUT2D eigenvalue weighted by molar-refractivity contribution is 5.99. The molecule has 2 heterocycles. The van der Waals surface area contributed by atoms with Gasteiger partial charge in [-0.2, -0.15) is 0 Å². The SMILES string of the molecule is Cc1cc(N)c(C(=O)N2CC(C)CC(C)C2C)cn1. The lowest BCUT2D eigenvalue weighted by atomic mass is 9.85. The van der Waals surface area contributed by atoms with Crippen LogP contribution in [0.5, 0.6) is 0 Å². The highest BCUT2D eigenvalue weighted by atomic mass is 16.2. The van der Waals surface area contributed by atoms with E-state index in [4.69, 9.17) is 5.73 Å². The summed E-state index contributed by atoms with van der Waals surface area (Å²) in [6.07, 6.45) is 2.77. The number of nitrogens with zero attached hydrogens (tertiary/aromatic N) is 2. The Balaban J connectivity index is 2.27. The molecule has 0 aliphatic carbocycles. The minimum atomic E-state index is 0.0101. The Morgan fingerprint density at radius 3 is 2.74 bits per heavy atom. The summed E-state index contributed by atoms with van der Waals surface area (Å²) in [6.45, 7) is 9.19. The standard InChI is InChI=1S/C15H23N3O/c1-9-5-10(2)12(4)18(8-9)15(19)13-7-17-11(3)6-14(13)16/h6-7,9-10,12H,5,8H2,1-4H3,(H2,16,17). The van der Waals surface area contributed by atoms with Gasteiger partial charge in [-0.05, 0) is 38.2 Å². The number of hydrogen-bond donors (Lipinski definition) is 1.